The van der Waals surface area contributed by atoms with Gasteiger partial charge >= 0.3 is 0 Å². The predicted molar refractivity (Wildman–Crippen MR) is 85.2 cm³/mol. The van der Waals surface area contributed by atoms with E-state index in [1.54, 1.807) is 24.3 Å². The lowest BCUT2D eigenvalue weighted by Crippen LogP contribution is -2.25. The lowest BCUT2D eigenvalue weighted by molar-refractivity contribution is -0.110. The number of anilines is 1. The Morgan fingerprint density at radius 2 is 2.14 bits per heavy atom. The summed E-state index contributed by atoms with van der Waals surface area (Å²) >= 11 is 4.93. The molecule has 0 aromatic heterocycles. The van der Waals surface area contributed by atoms with E-state index < -0.39 is 9.84 Å². The van der Waals surface area contributed by atoms with Crippen LogP contribution in [-0.4, -0.2) is 36.7 Å². The Morgan fingerprint density at radius 3 is 2.86 bits per heavy atom. The first-order chi connectivity index (χ1) is 10.4. The highest BCUT2D eigenvalue weighted by Gasteiger charge is 2.26. The van der Waals surface area contributed by atoms with Crippen LogP contribution in [0, 0.1) is 0 Å². The van der Waals surface area contributed by atoms with Gasteiger partial charge in [0.1, 0.15) is 0 Å². The van der Waals surface area contributed by atoms with E-state index in [1.807, 2.05) is 0 Å². The molecule has 22 heavy (non-hydrogen) atoms. The van der Waals surface area contributed by atoms with Crippen molar-refractivity contribution in [3.05, 3.63) is 41.6 Å². The number of amides is 1. The minimum absolute atomic E-state index is 0.0255. The molecule has 2 N–H and O–H groups in total. The van der Waals surface area contributed by atoms with Crippen LogP contribution in [0.25, 0.3) is 0 Å². The fourth-order valence-corrected chi connectivity index (χ4v) is 3.51. The van der Waals surface area contributed by atoms with E-state index >= 15 is 0 Å². The second-order valence-corrected chi connectivity index (χ2v) is 7.21. The number of hydrogen-bond acceptors (Lipinski definition) is 6. The largest absolute Gasteiger partial charge is 0.325 e. The number of nitrogens with one attached hydrogen (secondary N) is 2. The quantitative estimate of drug-likeness (QED) is 0.604. The molecule has 0 saturated carbocycles. The molecule has 0 atom stereocenters. The van der Waals surface area contributed by atoms with Crippen molar-refractivity contribution in [1.29, 1.82) is 0 Å². The van der Waals surface area contributed by atoms with Crippen LogP contribution in [0.5, 0.6) is 0 Å². The highest BCUT2D eigenvalue weighted by atomic mass is 32.2. The zero-order valence-electron chi connectivity index (χ0n) is 11.2. The molecular formula is C13H11N3O4S2. The van der Waals surface area contributed by atoms with Gasteiger partial charge in [-0.25, -0.2) is 8.42 Å². The van der Waals surface area contributed by atoms with Crippen molar-refractivity contribution in [3.8, 4) is 0 Å². The number of fused-ring (bicyclic) bond motifs is 1. The second-order valence-electron chi connectivity index (χ2n) is 4.73. The van der Waals surface area contributed by atoms with Gasteiger partial charge in [0.25, 0.3) is 11.1 Å². The van der Waals surface area contributed by atoms with Crippen molar-refractivity contribution in [3.63, 3.8) is 0 Å². The van der Waals surface area contributed by atoms with E-state index in [0.717, 1.165) is 0 Å². The van der Waals surface area contributed by atoms with Gasteiger partial charge in [-0.1, -0.05) is 23.4 Å². The summed E-state index contributed by atoms with van der Waals surface area (Å²) in [6.45, 7) is 0. The van der Waals surface area contributed by atoms with Gasteiger partial charge < -0.3 is 15.5 Å². The number of oxime groups is 1. The molecule has 1 amide bonds. The molecular weight excluding hydrogens is 326 g/mol. The number of thiocarbonyl (C=S) groups is 1. The van der Waals surface area contributed by atoms with Gasteiger partial charge in [0.15, 0.2) is 15.5 Å². The van der Waals surface area contributed by atoms with Gasteiger partial charge in [-0.05, 0) is 24.4 Å². The number of sulfone groups is 1. The van der Waals surface area contributed by atoms with Gasteiger partial charge in [-0.3, -0.25) is 4.79 Å². The van der Waals surface area contributed by atoms with Gasteiger partial charge in [-0.15, -0.1) is 0 Å². The number of nitrogens with zero attached hydrogens (tertiary/aromatic N) is 1. The molecule has 0 bridgehead atoms. The van der Waals surface area contributed by atoms with Gasteiger partial charge in [-0.2, -0.15) is 0 Å². The summed E-state index contributed by atoms with van der Waals surface area (Å²) < 4.78 is 22.6. The van der Waals surface area contributed by atoms with Crippen molar-refractivity contribution in [2.24, 2.45) is 5.16 Å². The molecule has 0 spiro atoms. The molecule has 0 fully saturated rings. The van der Waals surface area contributed by atoms with Crippen molar-refractivity contribution < 1.29 is 18.0 Å². The molecule has 2 heterocycles. The molecule has 1 aromatic rings. The van der Waals surface area contributed by atoms with Crippen molar-refractivity contribution in [2.45, 2.75) is 0 Å². The van der Waals surface area contributed by atoms with Crippen LogP contribution >= 0.6 is 12.2 Å². The Bertz CT molecular complexity index is 827. The molecule has 0 aliphatic carbocycles. The summed E-state index contributed by atoms with van der Waals surface area (Å²) in [4.78, 5) is 16.8. The van der Waals surface area contributed by atoms with Gasteiger partial charge in [0, 0.05) is 11.3 Å². The lowest BCUT2D eigenvalue weighted by atomic mass is 10.1. The summed E-state index contributed by atoms with van der Waals surface area (Å²) in [7, 11) is -3.09. The zero-order chi connectivity index (χ0) is 15.7. The molecule has 9 heteroatoms. The maximum Gasteiger partial charge on any atom is 0.293 e. The number of rotatable bonds is 2. The average Bonchev–Trinajstić information content (AvgIpc) is 2.95. The Labute approximate surface area is 131 Å². The second kappa shape index (κ2) is 5.50. The first-order valence-electron chi connectivity index (χ1n) is 6.31. The monoisotopic (exact) mass is 337 g/mol. The Kier molecular flexibility index (Phi) is 3.67. The van der Waals surface area contributed by atoms with Crippen molar-refractivity contribution in [2.75, 3.05) is 16.8 Å². The minimum atomic E-state index is -3.09. The van der Waals surface area contributed by atoms with Crippen molar-refractivity contribution in [1.82, 2.24) is 5.32 Å². The summed E-state index contributed by atoms with van der Waals surface area (Å²) in [5.74, 6) is -0.523. The Hall–Kier alpha value is -2.26. The normalized spacial score (nSPS) is 20.3. The van der Waals surface area contributed by atoms with E-state index in [2.05, 4.69) is 15.8 Å². The van der Waals surface area contributed by atoms with Gasteiger partial charge in [0.05, 0.1) is 17.2 Å². The third-order valence-electron chi connectivity index (χ3n) is 3.09. The molecule has 0 radical (unpaired) electrons. The van der Waals surface area contributed by atoms with Crippen molar-refractivity contribution >= 4 is 44.5 Å². The van der Waals surface area contributed by atoms with E-state index in [4.69, 9.17) is 17.1 Å². The molecule has 0 unspecified atom stereocenters. The molecule has 2 aliphatic rings. The smallest absolute Gasteiger partial charge is 0.293 e. The Balaban J connectivity index is 1.67. The summed E-state index contributed by atoms with van der Waals surface area (Å²) in [6.07, 6.45) is 1.52. The number of carbonyl (C=O) groups excluding carboxylic acids is 1. The molecule has 1 aromatic carbocycles. The third-order valence-corrected chi connectivity index (χ3v) is 4.69. The minimum Gasteiger partial charge on any atom is -0.325 e. The maximum absolute atomic E-state index is 11.8. The highest BCUT2D eigenvalue weighted by Crippen LogP contribution is 2.22. The van der Waals surface area contributed by atoms with E-state index in [-0.39, 0.29) is 28.3 Å². The van der Waals surface area contributed by atoms with Crippen LogP contribution in [0.2, 0.25) is 0 Å². The van der Waals surface area contributed by atoms with Crippen LogP contribution in [0.4, 0.5) is 5.69 Å². The zero-order valence-corrected chi connectivity index (χ0v) is 12.8. The van der Waals surface area contributed by atoms with Crippen LogP contribution in [-0.2, 0) is 19.5 Å². The maximum atomic E-state index is 11.8. The van der Waals surface area contributed by atoms with Crippen LogP contribution in [0.15, 0.2) is 41.2 Å². The molecule has 114 valence electrons. The SMILES string of the molecule is O=C1Nc2ccccc2/C1=N/OC(=S)NC1=CCS(=O)(=O)C1. The number of para-hydroxylation sites is 1. The van der Waals surface area contributed by atoms with Gasteiger partial charge in [0.2, 0.25) is 0 Å². The Morgan fingerprint density at radius 1 is 1.36 bits per heavy atom. The number of carbonyl (C=O) groups is 1. The summed E-state index contributed by atoms with van der Waals surface area (Å²) in [5, 5.41) is 8.93. The number of benzene rings is 1. The molecule has 2 aliphatic heterocycles. The fraction of sp³-hybridized carbons (Fsp3) is 0.154. The average molecular weight is 337 g/mol. The van der Waals surface area contributed by atoms with Crippen LogP contribution < -0.4 is 10.6 Å². The topological polar surface area (TPSA) is 96.9 Å². The van der Waals surface area contributed by atoms with E-state index in [9.17, 15) is 13.2 Å². The standard InChI is InChI=1S/C13H11N3O4S2/c17-12-11(9-3-1-2-4-10(9)15-12)16-20-13(21)14-8-5-6-22(18,19)7-8/h1-5H,6-7H2,(H,14,21)(H,15,16,17). The molecule has 7 nitrogen and oxygen atoms in total. The predicted octanol–water partition coefficient (Wildman–Crippen LogP) is 0.546. The lowest BCUT2D eigenvalue weighted by Gasteiger charge is -2.05. The van der Waals surface area contributed by atoms with Crippen LogP contribution in [0.3, 0.4) is 0 Å². The fourth-order valence-electron chi connectivity index (χ4n) is 2.10. The number of hydrogen-bond donors (Lipinski definition) is 2. The van der Waals surface area contributed by atoms with E-state index in [1.165, 1.54) is 6.08 Å². The first kappa shape index (κ1) is 14.7. The molecule has 3 rings (SSSR count). The highest BCUT2D eigenvalue weighted by molar-refractivity contribution is 7.92. The first-order valence-corrected chi connectivity index (χ1v) is 8.54. The third kappa shape index (κ3) is 3.00. The van der Waals surface area contributed by atoms with Crippen LogP contribution in [0.1, 0.15) is 5.56 Å². The summed E-state index contributed by atoms with van der Waals surface area (Å²) in [6, 6.07) is 7.06. The molecule has 0 saturated heterocycles. The summed E-state index contributed by atoms with van der Waals surface area (Å²) in [5.41, 5.74) is 1.84. The van der Waals surface area contributed by atoms with E-state index in [0.29, 0.717) is 16.9 Å².